The van der Waals surface area contributed by atoms with E-state index in [-0.39, 0.29) is 11.8 Å². The highest BCUT2D eigenvalue weighted by Crippen LogP contribution is 2.13. The van der Waals surface area contributed by atoms with Crippen molar-refractivity contribution in [3.8, 4) is 5.75 Å². The largest absolute Gasteiger partial charge is 0.494 e. The van der Waals surface area contributed by atoms with Gasteiger partial charge in [-0.1, -0.05) is 17.7 Å². The number of pyridine rings is 1. The average molecular weight is 367 g/mol. The first-order valence-electron chi connectivity index (χ1n) is 9.30. The Morgan fingerprint density at radius 1 is 0.963 bits per heavy atom. The summed E-state index contributed by atoms with van der Waals surface area (Å²) < 4.78 is 5.67. The molecule has 2 aromatic rings. The Morgan fingerprint density at radius 2 is 1.59 bits per heavy atom. The molecule has 1 saturated heterocycles. The monoisotopic (exact) mass is 367 g/mol. The molecule has 2 heterocycles. The predicted molar refractivity (Wildman–Crippen MR) is 103 cm³/mol. The first-order chi connectivity index (χ1) is 13.1. The van der Waals surface area contributed by atoms with Gasteiger partial charge in [-0.15, -0.1) is 0 Å². The molecule has 1 aromatic heterocycles. The lowest BCUT2D eigenvalue weighted by molar-refractivity contribution is -0.132. The van der Waals surface area contributed by atoms with E-state index in [1.54, 1.807) is 29.4 Å². The fourth-order valence-corrected chi connectivity index (χ4v) is 3.04. The van der Waals surface area contributed by atoms with Crippen LogP contribution in [0.2, 0.25) is 0 Å². The van der Waals surface area contributed by atoms with Crippen molar-refractivity contribution in [3.63, 3.8) is 0 Å². The Morgan fingerprint density at radius 3 is 2.26 bits per heavy atom. The van der Waals surface area contributed by atoms with Gasteiger partial charge in [0.15, 0.2) is 0 Å². The van der Waals surface area contributed by atoms with E-state index in [9.17, 15) is 9.59 Å². The summed E-state index contributed by atoms with van der Waals surface area (Å²) >= 11 is 0. The van der Waals surface area contributed by atoms with Crippen LogP contribution in [0.15, 0.2) is 48.8 Å². The molecule has 1 fully saturated rings. The fraction of sp³-hybridized carbons (Fsp3) is 0.381. The molecule has 1 aliphatic heterocycles. The van der Waals surface area contributed by atoms with E-state index in [2.05, 4.69) is 4.98 Å². The Bertz CT molecular complexity index is 754. The Kier molecular flexibility index (Phi) is 6.41. The molecule has 2 amide bonds. The number of aryl methyl sites for hydroxylation is 1. The Balaban J connectivity index is 1.37. The summed E-state index contributed by atoms with van der Waals surface area (Å²) in [6, 6.07) is 11.3. The van der Waals surface area contributed by atoms with Crippen LogP contribution in [0.3, 0.4) is 0 Å². The molecule has 6 heteroatoms. The van der Waals surface area contributed by atoms with Crippen molar-refractivity contribution in [2.45, 2.75) is 19.8 Å². The number of rotatable bonds is 6. The van der Waals surface area contributed by atoms with Gasteiger partial charge in [-0.2, -0.15) is 0 Å². The zero-order valence-corrected chi connectivity index (χ0v) is 15.6. The van der Waals surface area contributed by atoms with Crippen LogP contribution >= 0.6 is 0 Å². The van der Waals surface area contributed by atoms with E-state index in [0.717, 1.165) is 5.75 Å². The molecular weight excluding hydrogens is 342 g/mol. The van der Waals surface area contributed by atoms with E-state index in [1.165, 1.54) is 5.56 Å². The number of piperazine rings is 1. The van der Waals surface area contributed by atoms with E-state index in [1.807, 2.05) is 36.1 Å². The van der Waals surface area contributed by atoms with Crippen LogP contribution in [0.25, 0.3) is 0 Å². The first kappa shape index (κ1) is 18.9. The highest BCUT2D eigenvalue weighted by molar-refractivity contribution is 5.94. The summed E-state index contributed by atoms with van der Waals surface area (Å²) in [6.07, 6.45) is 4.38. The lowest BCUT2D eigenvalue weighted by atomic mass is 10.2. The maximum Gasteiger partial charge on any atom is 0.254 e. The van der Waals surface area contributed by atoms with E-state index in [0.29, 0.717) is 51.2 Å². The fourth-order valence-electron chi connectivity index (χ4n) is 3.04. The third-order valence-corrected chi connectivity index (χ3v) is 4.67. The van der Waals surface area contributed by atoms with Crippen LogP contribution in [0.5, 0.6) is 5.75 Å². The number of ether oxygens (including phenoxy) is 1. The summed E-state index contributed by atoms with van der Waals surface area (Å²) in [5.74, 6) is 0.950. The van der Waals surface area contributed by atoms with Gasteiger partial charge in [0.1, 0.15) is 5.75 Å². The molecule has 6 nitrogen and oxygen atoms in total. The third kappa shape index (κ3) is 5.29. The number of benzene rings is 1. The van der Waals surface area contributed by atoms with Gasteiger partial charge in [0.25, 0.3) is 5.91 Å². The molecule has 0 radical (unpaired) electrons. The van der Waals surface area contributed by atoms with Crippen molar-refractivity contribution in [3.05, 3.63) is 59.9 Å². The number of nitrogens with zero attached hydrogens (tertiary/aromatic N) is 3. The molecule has 0 spiro atoms. The van der Waals surface area contributed by atoms with Crippen molar-refractivity contribution >= 4 is 11.8 Å². The van der Waals surface area contributed by atoms with Gasteiger partial charge in [-0.3, -0.25) is 14.6 Å². The number of hydrogen-bond donors (Lipinski definition) is 0. The standard InChI is InChI=1S/C21H25N3O3/c1-17-4-6-19(7-5-17)27-16-2-3-20(25)23-12-14-24(15-13-23)21(26)18-8-10-22-11-9-18/h4-11H,2-3,12-16H2,1H3. The Labute approximate surface area is 159 Å². The third-order valence-electron chi connectivity index (χ3n) is 4.67. The van der Waals surface area contributed by atoms with Crippen LogP contribution in [0.4, 0.5) is 0 Å². The molecule has 0 bridgehead atoms. The minimum absolute atomic E-state index is 0.00371. The predicted octanol–water partition coefficient (Wildman–Crippen LogP) is 2.53. The molecule has 0 aliphatic carbocycles. The normalized spacial score (nSPS) is 14.1. The quantitative estimate of drug-likeness (QED) is 0.736. The van der Waals surface area contributed by atoms with Gasteiger partial charge in [0, 0.05) is 50.6 Å². The van der Waals surface area contributed by atoms with Crippen LogP contribution in [-0.4, -0.2) is 59.4 Å². The van der Waals surface area contributed by atoms with Gasteiger partial charge in [0.05, 0.1) is 6.61 Å². The molecule has 27 heavy (non-hydrogen) atoms. The van der Waals surface area contributed by atoms with Crippen LogP contribution in [0, 0.1) is 6.92 Å². The molecule has 0 unspecified atom stereocenters. The number of carbonyl (C=O) groups excluding carboxylic acids is 2. The molecule has 0 atom stereocenters. The molecule has 1 aromatic carbocycles. The topological polar surface area (TPSA) is 62.7 Å². The van der Waals surface area contributed by atoms with E-state index < -0.39 is 0 Å². The van der Waals surface area contributed by atoms with E-state index in [4.69, 9.17) is 4.74 Å². The second-order valence-corrected chi connectivity index (χ2v) is 6.67. The minimum atomic E-state index is -0.00371. The zero-order chi connectivity index (χ0) is 19.1. The Hall–Kier alpha value is -2.89. The van der Waals surface area contributed by atoms with E-state index >= 15 is 0 Å². The van der Waals surface area contributed by atoms with Crippen molar-refractivity contribution in [1.29, 1.82) is 0 Å². The first-order valence-corrected chi connectivity index (χ1v) is 9.30. The van der Waals surface area contributed by atoms with Gasteiger partial charge >= 0.3 is 0 Å². The number of aromatic nitrogens is 1. The smallest absolute Gasteiger partial charge is 0.254 e. The van der Waals surface area contributed by atoms with Gasteiger partial charge < -0.3 is 14.5 Å². The molecule has 0 saturated carbocycles. The highest BCUT2D eigenvalue weighted by Gasteiger charge is 2.24. The lowest BCUT2D eigenvalue weighted by Gasteiger charge is -2.34. The summed E-state index contributed by atoms with van der Waals surface area (Å²) in [5.41, 5.74) is 1.83. The maximum absolute atomic E-state index is 12.4. The number of carbonyl (C=O) groups is 2. The van der Waals surface area contributed by atoms with Crippen molar-refractivity contribution in [2.24, 2.45) is 0 Å². The summed E-state index contributed by atoms with van der Waals surface area (Å²) in [6.45, 7) is 4.84. The van der Waals surface area contributed by atoms with Crippen molar-refractivity contribution in [2.75, 3.05) is 32.8 Å². The molecule has 3 rings (SSSR count). The lowest BCUT2D eigenvalue weighted by Crippen LogP contribution is -2.50. The molecule has 0 N–H and O–H groups in total. The maximum atomic E-state index is 12.4. The summed E-state index contributed by atoms with van der Waals surface area (Å²) in [7, 11) is 0. The summed E-state index contributed by atoms with van der Waals surface area (Å²) in [5, 5.41) is 0. The molecule has 142 valence electrons. The zero-order valence-electron chi connectivity index (χ0n) is 15.6. The molecule has 1 aliphatic rings. The van der Waals surface area contributed by atoms with Crippen LogP contribution < -0.4 is 4.74 Å². The summed E-state index contributed by atoms with van der Waals surface area (Å²) in [4.78, 5) is 32.3. The molecular formula is C21H25N3O3. The van der Waals surface area contributed by atoms with Gasteiger partial charge in [0.2, 0.25) is 5.91 Å². The minimum Gasteiger partial charge on any atom is -0.494 e. The average Bonchev–Trinajstić information content (AvgIpc) is 2.72. The SMILES string of the molecule is Cc1ccc(OCCCC(=O)N2CCN(C(=O)c3ccncc3)CC2)cc1. The second-order valence-electron chi connectivity index (χ2n) is 6.67. The number of amides is 2. The van der Waals surface area contributed by atoms with Crippen LogP contribution in [-0.2, 0) is 4.79 Å². The van der Waals surface area contributed by atoms with Gasteiger partial charge in [-0.05, 0) is 37.6 Å². The van der Waals surface area contributed by atoms with Crippen molar-refractivity contribution in [1.82, 2.24) is 14.8 Å². The number of hydrogen-bond acceptors (Lipinski definition) is 4. The highest BCUT2D eigenvalue weighted by atomic mass is 16.5. The van der Waals surface area contributed by atoms with Gasteiger partial charge in [-0.25, -0.2) is 0 Å². The second kappa shape index (κ2) is 9.16. The van der Waals surface area contributed by atoms with Crippen molar-refractivity contribution < 1.29 is 14.3 Å². The van der Waals surface area contributed by atoms with Crippen LogP contribution in [0.1, 0.15) is 28.8 Å².